The SMILES string of the molecule is CCN1CCC2(CC1)CC(CCO[Si](C)(C)C(C)(C)C)OC2=O. The van der Waals surface area contributed by atoms with E-state index in [2.05, 4.69) is 45.7 Å². The minimum atomic E-state index is -1.70. The van der Waals surface area contributed by atoms with Gasteiger partial charge in [0, 0.05) is 19.4 Å². The van der Waals surface area contributed by atoms with Crippen LogP contribution in [0.4, 0.5) is 0 Å². The van der Waals surface area contributed by atoms with Gasteiger partial charge in [-0.15, -0.1) is 0 Å². The van der Waals surface area contributed by atoms with Gasteiger partial charge in [0.05, 0.1) is 5.41 Å². The van der Waals surface area contributed by atoms with E-state index in [1.807, 2.05) is 0 Å². The van der Waals surface area contributed by atoms with Crippen LogP contribution in [0.25, 0.3) is 0 Å². The van der Waals surface area contributed by atoms with Crippen molar-refractivity contribution in [2.24, 2.45) is 5.41 Å². The third-order valence-electron chi connectivity index (χ3n) is 6.29. The van der Waals surface area contributed by atoms with Crippen LogP contribution in [0.3, 0.4) is 0 Å². The van der Waals surface area contributed by atoms with Gasteiger partial charge in [-0.2, -0.15) is 0 Å². The summed E-state index contributed by atoms with van der Waals surface area (Å²) in [5, 5.41) is 0.230. The molecular weight excluding hydrogens is 306 g/mol. The lowest BCUT2D eigenvalue weighted by molar-refractivity contribution is -0.151. The smallest absolute Gasteiger partial charge is 0.312 e. The summed E-state index contributed by atoms with van der Waals surface area (Å²) in [6.07, 6.45) is 3.71. The molecule has 0 N–H and O–H groups in total. The van der Waals surface area contributed by atoms with Crippen molar-refractivity contribution in [3.63, 3.8) is 0 Å². The van der Waals surface area contributed by atoms with Gasteiger partial charge in [0.25, 0.3) is 0 Å². The molecule has 2 saturated heterocycles. The van der Waals surface area contributed by atoms with Gasteiger partial charge in [-0.05, 0) is 50.6 Å². The van der Waals surface area contributed by atoms with Gasteiger partial charge in [0.1, 0.15) is 6.10 Å². The van der Waals surface area contributed by atoms with Crippen molar-refractivity contribution < 1.29 is 14.0 Å². The third-order valence-corrected chi connectivity index (χ3v) is 10.8. The van der Waals surface area contributed by atoms with Crippen LogP contribution in [-0.4, -0.2) is 51.5 Å². The first kappa shape index (κ1) is 18.9. The molecule has 23 heavy (non-hydrogen) atoms. The Morgan fingerprint density at radius 3 is 2.43 bits per heavy atom. The molecule has 0 radical (unpaired) electrons. The van der Waals surface area contributed by atoms with Crippen LogP contribution >= 0.6 is 0 Å². The van der Waals surface area contributed by atoms with Crippen LogP contribution in [0.5, 0.6) is 0 Å². The number of cyclic esters (lactones) is 1. The van der Waals surface area contributed by atoms with Crippen LogP contribution < -0.4 is 0 Å². The Balaban J connectivity index is 1.82. The predicted octanol–water partition coefficient (Wildman–Crippen LogP) is 3.82. The molecule has 0 aromatic rings. The number of nitrogens with zero attached hydrogens (tertiary/aromatic N) is 1. The van der Waals surface area contributed by atoms with E-state index in [0.29, 0.717) is 6.61 Å². The molecule has 1 unspecified atom stereocenters. The molecule has 2 fully saturated rings. The number of ether oxygens (including phenoxy) is 1. The summed E-state index contributed by atoms with van der Waals surface area (Å²) in [6, 6.07) is 0. The second kappa shape index (κ2) is 6.85. The monoisotopic (exact) mass is 341 g/mol. The molecule has 1 atom stereocenters. The zero-order valence-corrected chi connectivity index (χ0v) is 16.9. The van der Waals surface area contributed by atoms with E-state index in [0.717, 1.165) is 45.3 Å². The van der Waals surface area contributed by atoms with E-state index < -0.39 is 8.32 Å². The predicted molar refractivity (Wildman–Crippen MR) is 96.0 cm³/mol. The summed E-state index contributed by atoms with van der Waals surface area (Å²) in [7, 11) is -1.70. The van der Waals surface area contributed by atoms with E-state index in [-0.39, 0.29) is 22.5 Å². The van der Waals surface area contributed by atoms with Crippen molar-refractivity contribution in [2.75, 3.05) is 26.2 Å². The molecule has 0 amide bonds. The molecule has 2 rings (SSSR count). The minimum absolute atomic E-state index is 0.0468. The fourth-order valence-corrected chi connectivity index (χ4v) is 4.43. The summed E-state index contributed by atoms with van der Waals surface area (Å²) in [4.78, 5) is 14.8. The van der Waals surface area contributed by atoms with Crippen LogP contribution in [0.2, 0.25) is 18.1 Å². The Morgan fingerprint density at radius 2 is 1.91 bits per heavy atom. The summed E-state index contributed by atoms with van der Waals surface area (Å²) in [5.74, 6) is 0.0468. The standard InChI is InChI=1S/C18H35NO3Si/c1-7-19-11-9-18(10-12-19)14-15(22-16(18)20)8-13-21-23(5,6)17(2,3)4/h15H,7-14H2,1-6H3. The molecule has 0 aromatic heterocycles. The Kier molecular flexibility index (Phi) is 5.64. The van der Waals surface area contributed by atoms with Crippen molar-refractivity contribution in [3.05, 3.63) is 0 Å². The van der Waals surface area contributed by atoms with Gasteiger partial charge in [-0.3, -0.25) is 4.79 Å². The maximum Gasteiger partial charge on any atom is 0.312 e. The molecule has 1 spiro atoms. The van der Waals surface area contributed by atoms with Gasteiger partial charge in [0.15, 0.2) is 8.32 Å². The molecule has 0 aliphatic carbocycles. The highest BCUT2D eigenvalue weighted by Crippen LogP contribution is 2.44. The minimum Gasteiger partial charge on any atom is -0.462 e. The highest BCUT2D eigenvalue weighted by Gasteiger charge is 2.50. The maximum absolute atomic E-state index is 12.4. The number of piperidine rings is 1. The fourth-order valence-electron chi connectivity index (χ4n) is 3.37. The van der Waals surface area contributed by atoms with Crippen molar-refractivity contribution >= 4 is 14.3 Å². The van der Waals surface area contributed by atoms with Gasteiger partial charge >= 0.3 is 5.97 Å². The highest BCUT2D eigenvalue weighted by atomic mass is 28.4. The van der Waals surface area contributed by atoms with Gasteiger partial charge in [-0.1, -0.05) is 27.7 Å². The second-order valence-electron chi connectivity index (χ2n) is 8.84. The van der Waals surface area contributed by atoms with Gasteiger partial charge < -0.3 is 14.1 Å². The summed E-state index contributed by atoms with van der Waals surface area (Å²) < 4.78 is 11.9. The van der Waals surface area contributed by atoms with E-state index in [1.165, 1.54) is 0 Å². The highest BCUT2D eigenvalue weighted by molar-refractivity contribution is 6.74. The lowest BCUT2D eigenvalue weighted by atomic mass is 9.76. The molecule has 0 aromatic carbocycles. The second-order valence-corrected chi connectivity index (χ2v) is 13.7. The van der Waals surface area contributed by atoms with Crippen LogP contribution in [-0.2, 0) is 14.0 Å². The van der Waals surface area contributed by atoms with Crippen molar-refractivity contribution in [1.29, 1.82) is 0 Å². The number of carbonyl (C=O) groups is 1. The largest absolute Gasteiger partial charge is 0.462 e. The normalized spacial score (nSPS) is 25.8. The topological polar surface area (TPSA) is 38.8 Å². The van der Waals surface area contributed by atoms with Gasteiger partial charge in [0.2, 0.25) is 0 Å². The van der Waals surface area contributed by atoms with Crippen molar-refractivity contribution in [3.8, 4) is 0 Å². The lowest BCUT2D eigenvalue weighted by Gasteiger charge is -2.36. The van der Waals surface area contributed by atoms with Crippen LogP contribution in [0.15, 0.2) is 0 Å². The zero-order chi connectivity index (χ0) is 17.3. The third kappa shape index (κ3) is 4.17. The molecule has 2 aliphatic rings. The number of hydrogen-bond donors (Lipinski definition) is 0. The van der Waals surface area contributed by atoms with E-state index in [4.69, 9.17) is 9.16 Å². The number of hydrogen-bond acceptors (Lipinski definition) is 4. The molecular formula is C18H35NO3Si. The molecule has 0 bridgehead atoms. The van der Waals surface area contributed by atoms with Crippen molar-refractivity contribution in [2.45, 2.75) is 77.6 Å². The molecule has 0 saturated carbocycles. The molecule has 2 aliphatic heterocycles. The lowest BCUT2D eigenvalue weighted by Crippen LogP contribution is -2.42. The number of likely N-dealkylation sites (tertiary alicyclic amines) is 1. The molecule has 2 heterocycles. The Bertz CT molecular complexity index is 422. The first-order chi connectivity index (χ1) is 10.6. The summed E-state index contributed by atoms with van der Waals surface area (Å²) >= 11 is 0. The number of esters is 1. The summed E-state index contributed by atoms with van der Waals surface area (Å²) in [6.45, 7) is 17.3. The molecule has 134 valence electrons. The van der Waals surface area contributed by atoms with Crippen LogP contribution in [0, 0.1) is 5.41 Å². The molecule has 4 nitrogen and oxygen atoms in total. The van der Waals surface area contributed by atoms with Crippen molar-refractivity contribution in [1.82, 2.24) is 4.90 Å². The maximum atomic E-state index is 12.4. The van der Waals surface area contributed by atoms with E-state index in [9.17, 15) is 4.79 Å². The van der Waals surface area contributed by atoms with E-state index in [1.54, 1.807) is 0 Å². The summed E-state index contributed by atoms with van der Waals surface area (Å²) in [5.41, 5.74) is -0.201. The fraction of sp³-hybridized carbons (Fsp3) is 0.944. The zero-order valence-electron chi connectivity index (χ0n) is 15.9. The Hall–Kier alpha value is -0.393. The van der Waals surface area contributed by atoms with Gasteiger partial charge in [-0.25, -0.2) is 0 Å². The Labute approximate surface area is 143 Å². The first-order valence-electron chi connectivity index (χ1n) is 9.17. The molecule has 5 heteroatoms. The average Bonchev–Trinajstić information content (AvgIpc) is 2.74. The quantitative estimate of drug-likeness (QED) is 0.563. The number of carbonyl (C=O) groups excluding carboxylic acids is 1. The van der Waals surface area contributed by atoms with E-state index >= 15 is 0 Å². The average molecular weight is 342 g/mol. The first-order valence-corrected chi connectivity index (χ1v) is 12.1. The number of rotatable bonds is 5. The van der Waals surface area contributed by atoms with Crippen LogP contribution in [0.1, 0.15) is 53.4 Å². The Morgan fingerprint density at radius 1 is 1.30 bits per heavy atom.